The second kappa shape index (κ2) is 4.65. The highest BCUT2D eigenvalue weighted by Crippen LogP contribution is 1.98. The van der Waals surface area contributed by atoms with Crippen LogP contribution in [0, 0.1) is 0 Å². The van der Waals surface area contributed by atoms with Crippen molar-refractivity contribution < 1.29 is 0 Å². The SMILES string of the molecule is C=C(S)/C=C\C(Cl)=NC. The lowest BCUT2D eigenvalue weighted by Gasteiger charge is -1.83. The molecule has 0 unspecified atom stereocenters. The molecule has 9 heavy (non-hydrogen) atoms. The van der Waals surface area contributed by atoms with Crippen molar-refractivity contribution in [1.29, 1.82) is 0 Å². The molecule has 0 aliphatic rings. The zero-order valence-corrected chi connectivity index (χ0v) is 6.78. The van der Waals surface area contributed by atoms with Crippen molar-refractivity contribution in [3.05, 3.63) is 23.6 Å². The summed E-state index contributed by atoms with van der Waals surface area (Å²) in [7, 11) is 1.62. The third-order valence-corrected chi connectivity index (χ3v) is 1.07. The molecule has 0 aromatic carbocycles. The van der Waals surface area contributed by atoms with Crippen LogP contribution in [-0.4, -0.2) is 12.2 Å². The molecule has 0 bridgehead atoms. The third kappa shape index (κ3) is 5.66. The number of thiol groups is 1. The molecule has 0 spiro atoms. The standard InChI is InChI=1S/C6H8ClNS/c1-5(9)3-4-6(7)8-2/h3-4,9H,1H2,2H3/b4-3-,8-6?. The minimum atomic E-state index is 0.449. The van der Waals surface area contributed by atoms with Gasteiger partial charge in [-0.3, -0.25) is 4.99 Å². The van der Waals surface area contributed by atoms with Crippen LogP contribution in [0.1, 0.15) is 0 Å². The third-order valence-electron chi connectivity index (χ3n) is 0.627. The van der Waals surface area contributed by atoms with E-state index in [0.717, 1.165) is 0 Å². The van der Waals surface area contributed by atoms with Gasteiger partial charge in [-0.2, -0.15) is 0 Å². The Balaban J connectivity index is 3.86. The second-order valence-corrected chi connectivity index (χ2v) is 2.33. The van der Waals surface area contributed by atoms with E-state index in [-0.39, 0.29) is 0 Å². The Morgan fingerprint density at radius 3 is 2.56 bits per heavy atom. The summed E-state index contributed by atoms with van der Waals surface area (Å²) in [6.45, 7) is 3.53. The van der Waals surface area contributed by atoms with E-state index in [4.69, 9.17) is 11.6 Å². The quantitative estimate of drug-likeness (QED) is 0.363. The van der Waals surface area contributed by atoms with E-state index >= 15 is 0 Å². The molecule has 0 saturated carbocycles. The molecule has 0 aromatic heterocycles. The van der Waals surface area contributed by atoms with Crippen LogP contribution in [0.15, 0.2) is 28.6 Å². The number of hydrogen-bond acceptors (Lipinski definition) is 2. The molecule has 1 nitrogen and oxygen atoms in total. The summed E-state index contributed by atoms with van der Waals surface area (Å²) in [5, 5.41) is 0.449. The van der Waals surface area contributed by atoms with Crippen molar-refractivity contribution in [1.82, 2.24) is 0 Å². The number of nitrogens with zero attached hydrogens (tertiary/aromatic N) is 1. The Bertz CT molecular complexity index is 160. The largest absolute Gasteiger partial charge is 0.277 e. The van der Waals surface area contributed by atoms with Crippen LogP contribution in [0.5, 0.6) is 0 Å². The molecular formula is C6H8ClNS. The van der Waals surface area contributed by atoms with Gasteiger partial charge in [0.2, 0.25) is 0 Å². The molecule has 0 radical (unpaired) electrons. The van der Waals surface area contributed by atoms with Crippen LogP contribution < -0.4 is 0 Å². The first-order valence-corrected chi connectivity index (χ1v) is 3.17. The first kappa shape index (κ1) is 8.79. The highest BCUT2D eigenvalue weighted by atomic mass is 35.5. The Morgan fingerprint density at radius 2 is 2.22 bits per heavy atom. The van der Waals surface area contributed by atoms with E-state index in [1.807, 2.05) is 0 Å². The number of rotatable bonds is 2. The second-order valence-electron chi connectivity index (χ2n) is 1.37. The molecule has 0 rings (SSSR count). The smallest absolute Gasteiger partial charge is 0.123 e. The number of hydrogen-bond donors (Lipinski definition) is 1. The minimum absolute atomic E-state index is 0.449. The number of halogens is 1. The normalized spacial score (nSPS) is 12.6. The van der Waals surface area contributed by atoms with E-state index in [1.54, 1.807) is 19.2 Å². The Kier molecular flexibility index (Phi) is 4.54. The summed E-state index contributed by atoms with van der Waals surface area (Å²) in [5.74, 6) is 0. The van der Waals surface area contributed by atoms with E-state index < -0.39 is 0 Å². The van der Waals surface area contributed by atoms with Gasteiger partial charge in [0.1, 0.15) is 5.17 Å². The lowest BCUT2D eigenvalue weighted by atomic mass is 10.5. The molecule has 0 saturated heterocycles. The summed E-state index contributed by atoms with van der Waals surface area (Å²) in [6.07, 6.45) is 3.31. The van der Waals surface area contributed by atoms with E-state index in [2.05, 4.69) is 24.2 Å². The molecule has 0 fully saturated rings. The Labute approximate surface area is 65.5 Å². The molecular weight excluding hydrogens is 154 g/mol. The van der Waals surface area contributed by atoms with Crippen molar-refractivity contribution in [3.8, 4) is 0 Å². The van der Waals surface area contributed by atoms with Gasteiger partial charge < -0.3 is 0 Å². The summed E-state index contributed by atoms with van der Waals surface area (Å²) in [5.41, 5.74) is 0. The van der Waals surface area contributed by atoms with Gasteiger partial charge in [-0.15, -0.1) is 12.6 Å². The first-order valence-electron chi connectivity index (χ1n) is 2.35. The van der Waals surface area contributed by atoms with Crippen molar-refractivity contribution in [2.75, 3.05) is 7.05 Å². The lowest BCUT2D eigenvalue weighted by molar-refractivity contribution is 1.47. The molecule has 0 aromatic rings. The molecule has 3 heteroatoms. The predicted octanol–water partition coefficient (Wildman–Crippen LogP) is 2.25. The van der Waals surface area contributed by atoms with Crippen molar-refractivity contribution >= 4 is 29.4 Å². The lowest BCUT2D eigenvalue weighted by Crippen LogP contribution is -1.76. The highest BCUT2D eigenvalue weighted by molar-refractivity contribution is 7.84. The van der Waals surface area contributed by atoms with Crippen LogP contribution in [-0.2, 0) is 0 Å². The topological polar surface area (TPSA) is 12.4 Å². The molecule has 0 N–H and O–H groups in total. The van der Waals surface area contributed by atoms with Crippen molar-refractivity contribution in [2.45, 2.75) is 0 Å². The van der Waals surface area contributed by atoms with Crippen LogP contribution in [0.3, 0.4) is 0 Å². The fourth-order valence-electron chi connectivity index (χ4n) is 0.239. The summed E-state index contributed by atoms with van der Waals surface area (Å²) < 4.78 is 0. The number of allylic oxidation sites excluding steroid dienone is 2. The van der Waals surface area contributed by atoms with Gasteiger partial charge in [0.15, 0.2) is 0 Å². The van der Waals surface area contributed by atoms with Crippen molar-refractivity contribution in [3.63, 3.8) is 0 Å². The molecule has 0 atom stereocenters. The first-order chi connectivity index (χ1) is 4.16. The summed E-state index contributed by atoms with van der Waals surface area (Å²) in [6, 6.07) is 0. The molecule has 50 valence electrons. The summed E-state index contributed by atoms with van der Waals surface area (Å²) in [4.78, 5) is 4.34. The zero-order chi connectivity index (χ0) is 7.28. The molecule has 0 amide bonds. The van der Waals surface area contributed by atoms with Crippen LogP contribution in [0.4, 0.5) is 0 Å². The van der Waals surface area contributed by atoms with Gasteiger partial charge >= 0.3 is 0 Å². The Hall–Kier alpha value is -0.210. The van der Waals surface area contributed by atoms with Crippen LogP contribution in [0.2, 0.25) is 0 Å². The fourth-order valence-corrected chi connectivity index (χ4v) is 0.377. The average molecular weight is 162 g/mol. The van der Waals surface area contributed by atoms with Gasteiger partial charge in [-0.05, 0) is 17.1 Å². The molecule has 0 aliphatic heterocycles. The average Bonchev–Trinajstić information content (AvgIpc) is 1.83. The molecule has 0 aliphatic carbocycles. The minimum Gasteiger partial charge on any atom is -0.277 e. The summed E-state index contributed by atoms with van der Waals surface area (Å²) >= 11 is 9.41. The van der Waals surface area contributed by atoms with E-state index in [0.29, 0.717) is 10.1 Å². The van der Waals surface area contributed by atoms with Crippen LogP contribution in [0.25, 0.3) is 0 Å². The predicted molar refractivity (Wildman–Crippen MR) is 46.5 cm³/mol. The maximum atomic E-state index is 5.50. The van der Waals surface area contributed by atoms with E-state index in [9.17, 15) is 0 Å². The van der Waals surface area contributed by atoms with E-state index in [1.165, 1.54) is 0 Å². The van der Waals surface area contributed by atoms with Gasteiger partial charge in [-0.1, -0.05) is 18.2 Å². The molecule has 0 heterocycles. The van der Waals surface area contributed by atoms with Gasteiger partial charge in [-0.25, -0.2) is 0 Å². The maximum Gasteiger partial charge on any atom is 0.123 e. The fraction of sp³-hybridized carbons (Fsp3) is 0.167. The Morgan fingerprint density at radius 1 is 1.67 bits per heavy atom. The number of aliphatic imine (C=N–C) groups is 1. The van der Waals surface area contributed by atoms with Crippen molar-refractivity contribution in [2.24, 2.45) is 4.99 Å². The monoisotopic (exact) mass is 161 g/mol. The zero-order valence-electron chi connectivity index (χ0n) is 5.13. The van der Waals surface area contributed by atoms with Crippen LogP contribution >= 0.6 is 24.2 Å². The van der Waals surface area contributed by atoms with Gasteiger partial charge in [0, 0.05) is 7.05 Å². The van der Waals surface area contributed by atoms with Gasteiger partial charge in [0.25, 0.3) is 0 Å². The van der Waals surface area contributed by atoms with Gasteiger partial charge in [0.05, 0.1) is 0 Å². The maximum absolute atomic E-state index is 5.50. The highest BCUT2D eigenvalue weighted by Gasteiger charge is 1.80.